The van der Waals surface area contributed by atoms with Gasteiger partial charge in [0.15, 0.2) is 0 Å². The fourth-order valence-electron chi connectivity index (χ4n) is 1.82. The second-order valence-electron chi connectivity index (χ2n) is 3.43. The van der Waals surface area contributed by atoms with Crippen molar-refractivity contribution in [2.24, 2.45) is 5.92 Å². The number of rotatable bonds is 1. The lowest BCUT2D eigenvalue weighted by Crippen LogP contribution is -2.11. The summed E-state index contributed by atoms with van der Waals surface area (Å²) in [7, 11) is 0. The van der Waals surface area contributed by atoms with Gasteiger partial charge in [0, 0.05) is 10.6 Å². The summed E-state index contributed by atoms with van der Waals surface area (Å²) in [6.45, 7) is 2.23. The van der Waals surface area contributed by atoms with E-state index in [9.17, 15) is 4.79 Å². The van der Waals surface area contributed by atoms with E-state index >= 15 is 0 Å². The van der Waals surface area contributed by atoms with Gasteiger partial charge >= 0.3 is 4.87 Å². The highest BCUT2D eigenvalue weighted by Crippen LogP contribution is 2.27. The molecule has 0 fully saturated rings. The molecule has 1 aliphatic carbocycles. The molecule has 2 rings (SSSR count). The number of thiazole rings is 1. The Morgan fingerprint density at radius 3 is 3.25 bits per heavy atom. The molecule has 1 N–H and O–H groups in total. The fraction of sp³-hybridized carbons (Fsp3) is 0.667. The summed E-state index contributed by atoms with van der Waals surface area (Å²) in [5.74, 6) is 0.809. The van der Waals surface area contributed by atoms with E-state index in [1.807, 2.05) is 0 Å². The molecule has 0 amide bonds. The topological polar surface area (TPSA) is 32.9 Å². The molecule has 0 radical (unpaired) electrons. The van der Waals surface area contributed by atoms with Gasteiger partial charge in [0.1, 0.15) is 0 Å². The predicted octanol–water partition coefficient (Wildman–Crippen LogP) is 1.95. The molecule has 0 unspecified atom stereocenters. The van der Waals surface area contributed by atoms with E-state index in [0.29, 0.717) is 0 Å². The summed E-state index contributed by atoms with van der Waals surface area (Å²) >= 11 is 1.40. The molecular weight excluding hydrogens is 170 g/mol. The maximum Gasteiger partial charge on any atom is 0.304 e. The van der Waals surface area contributed by atoms with Crippen molar-refractivity contribution >= 4 is 11.3 Å². The molecule has 66 valence electrons. The minimum atomic E-state index is 0.122. The zero-order valence-corrected chi connectivity index (χ0v) is 8.04. The van der Waals surface area contributed by atoms with Crippen LogP contribution in [0.4, 0.5) is 0 Å². The third-order valence-corrected chi connectivity index (χ3v) is 3.61. The Kier molecular flexibility index (Phi) is 2.05. The van der Waals surface area contributed by atoms with Crippen LogP contribution in [0.1, 0.15) is 30.3 Å². The Hall–Kier alpha value is -0.570. The van der Waals surface area contributed by atoms with E-state index in [-0.39, 0.29) is 4.87 Å². The van der Waals surface area contributed by atoms with Crippen LogP contribution in [0.3, 0.4) is 0 Å². The Bertz CT molecular complexity index is 326. The lowest BCUT2D eigenvalue weighted by molar-refractivity contribution is 0.446. The highest BCUT2D eigenvalue weighted by molar-refractivity contribution is 7.09. The average molecular weight is 183 g/mol. The van der Waals surface area contributed by atoms with E-state index in [1.54, 1.807) is 0 Å². The monoisotopic (exact) mass is 183 g/mol. The average Bonchev–Trinajstić information content (AvgIpc) is 2.43. The third kappa shape index (κ3) is 1.33. The first-order valence-electron chi connectivity index (χ1n) is 4.50. The highest BCUT2D eigenvalue weighted by atomic mass is 32.1. The second kappa shape index (κ2) is 3.05. The molecule has 1 aromatic heterocycles. The first-order chi connectivity index (χ1) is 5.79. The maximum atomic E-state index is 11.0. The molecule has 0 aliphatic heterocycles. The van der Waals surface area contributed by atoms with Gasteiger partial charge in [-0.25, -0.2) is 0 Å². The van der Waals surface area contributed by atoms with Crippen molar-refractivity contribution in [2.45, 2.75) is 32.6 Å². The van der Waals surface area contributed by atoms with Crippen molar-refractivity contribution < 1.29 is 0 Å². The summed E-state index contributed by atoms with van der Waals surface area (Å²) in [4.78, 5) is 15.3. The molecule has 0 aromatic carbocycles. The van der Waals surface area contributed by atoms with Gasteiger partial charge in [-0.1, -0.05) is 24.7 Å². The van der Waals surface area contributed by atoms with Gasteiger partial charge in [-0.05, 0) is 25.2 Å². The molecule has 2 nitrogen and oxygen atoms in total. The molecule has 1 heterocycles. The molecule has 0 saturated heterocycles. The minimum Gasteiger partial charge on any atom is -0.316 e. The molecular formula is C9H13NOS. The Balaban J connectivity index is 2.28. The van der Waals surface area contributed by atoms with Crippen molar-refractivity contribution in [3.63, 3.8) is 0 Å². The predicted molar refractivity (Wildman–Crippen MR) is 50.7 cm³/mol. The molecule has 1 aliphatic rings. The first-order valence-corrected chi connectivity index (χ1v) is 5.32. The number of fused-ring (bicyclic) bond motifs is 1. The third-order valence-electron chi connectivity index (χ3n) is 2.66. The van der Waals surface area contributed by atoms with E-state index in [1.165, 1.54) is 34.7 Å². The smallest absolute Gasteiger partial charge is 0.304 e. The van der Waals surface area contributed by atoms with Crippen LogP contribution in [0, 0.1) is 5.92 Å². The summed E-state index contributed by atoms with van der Waals surface area (Å²) < 4.78 is 0. The van der Waals surface area contributed by atoms with Gasteiger partial charge in [0.05, 0.1) is 0 Å². The van der Waals surface area contributed by atoms with E-state index in [0.717, 1.165) is 18.8 Å². The molecule has 1 aromatic rings. The largest absolute Gasteiger partial charge is 0.316 e. The molecule has 3 heteroatoms. The Labute approximate surface area is 75.6 Å². The van der Waals surface area contributed by atoms with Crippen molar-refractivity contribution in [3.05, 3.63) is 20.2 Å². The van der Waals surface area contributed by atoms with E-state index in [4.69, 9.17) is 0 Å². The normalized spacial score (nSPS) is 22.2. The molecule has 0 spiro atoms. The maximum absolute atomic E-state index is 11.0. The number of H-pyrrole nitrogens is 1. The van der Waals surface area contributed by atoms with Crippen LogP contribution in [0.2, 0.25) is 0 Å². The number of aryl methyl sites for hydroxylation is 1. The number of aromatic amines is 1. The second-order valence-corrected chi connectivity index (χ2v) is 4.50. The van der Waals surface area contributed by atoms with Crippen molar-refractivity contribution in [2.75, 3.05) is 0 Å². The zero-order chi connectivity index (χ0) is 8.55. The van der Waals surface area contributed by atoms with Gasteiger partial charge < -0.3 is 4.98 Å². The SMILES string of the molecule is CC[C@H]1CCc2[nH]c(=O)sc2C1. The number of aromatic nitrogens is 1. The van der Waals surface area contributed by atoms with Gasteiger partial charge in [-0.15, -0.1) is 0 Å². The van der Waals surface area contributed by atoms with Crippen LogP contribution in [0.25, 0.3) is 0 Å². The van der Waals surface area contributed by atoms with E-state index < -0.39 is 0 Å². The van der Waals surface area contributed by atoms with Gasteiger partial charge in [0.25, 0.3) is 0 Å². The summed E-state index contributed by atoms with van der Waals surface area (Å²) in [5, 5.41) is 0. The van der Waals surface area contributed by atoms with Crippen LogP contribution in [0.5, 0.6) is 0 Å². The Morgan fingerprint density at radius 2 is 2.50 bits per heavy atom. The Morgan fingerprint density at radius 1 is 1.67 bits per heavy atom. The lowest BCUT2D eigenvalue weighted by atomic mass is 9.89. The van der Waals surface area contributed by atoms with Crippen molar-refractivity contribution in [3.8, 4) is 0 Å². The molecule has 0 bridgehead atoms. The van der Waals surface area contributed by atoms with Gasteiger partial charge in [-0.2, -0.15) is 0 Å². The van der Waals surface area contributed by atoms with Crippen LogP contribution in [-0.4, -0.2) is 4.98 Å². The fourth-order valence-corrected chi connectivity index (χ4v) is 2.81. The molecule has 0 saturated carbocycles. The summed E-state index contributed by atoms with van der Waals surface area (Å²) in [5.41, 5.74) is 1.20. The van der Waals surface area contributed by atoms with Crippen LogP contribution in [0.15, 0.2) is 4.79 Å². The molecule has 12 heavy (non-hydrogen) atoms. The van der Waals surface area contributed by atoms with Crippen molar-refractivity contribution in [1.29, 1.82) is 0 Å². The van der Waals surface area contributed by atoms with Gasteiger partial charge in [-0.3, -0.25) is 4.79 Å². The standard InChI is InChI=1S/C9H13NOS/c1-2-6-3-4-7-8(5-6)12-9(11)10-7/h6H,2-5H2,1H3,(H,10,11)/t6-/m0/s1. The van der Waals surface area contributed by atoms with Crippen LogP contribution < -0.4 is 4.87 Å². The van der Waals surface area contributed by atoms with Gasteiger partial charge in [0.2, 0.25) is 0 Å². The summed E-state index contributed by atoms with van der Waals surface area (Å²) in [6.07, 6.45) is 4.68. The number of hydrogen-bond donors (Lipinski definition) is 1. The quantitative estimate of drug-likeness (QED) is 0.709. The lowest BCUT2D eigenvalue weighted by Gasteiger charge is -2.19. The van der Waals surface area contributed by atoms with E-state index in [2.05, 4.69) is 11.9 Å². The summed E-state index contributed by atoms with van der Waals surface area (Å²) in [6, 6.07) is 0. The molecule has 1 atom stereocenters. The highest BCUT2D eigenvalue weighted by Gasteiger charge is 2.19. The van der Waals surface area contributed by atoms with Crippen LogP contribution in [-0.2, 0) is 12.8 Å². The zero-order valence-electron chi connectivity index (χ0n) is 7.22. The minimum absolute atomic E-state index is 0.122. The van der Waals surface area contributed by atoms with Crippen molar-refractivity contribution in [1.82, 2.24) is 4.98 Å². The number of hydrogen-bond acceptors (Lipinski definition) is 2. The first kappa shape index (κ1) is 8.05. The number of nitrogens with one attached hydrogen (secondary N) is 1. The van der Waals surface area contributed by atoms with Crippen LogP contribution >= 0.6 is 11.3 Å².